The lowest BCUT2D eigenvalue weighted by molar-refractivity contribution is -0.135. The summed E-state index contributed by atoms with van der Waals surface area (Å²) in [4.78, 5) is 14.4. The summed E-state index contributed by atoms with van der Waals surface area (Å²) in [5.74, 6) is -0.00688. The minimum atomic E-state index is -0.969. The molecule has 0 bridgehead atoms. The summed E-state index contributed by atoms with van der Waals surface area (Å²) >= 11 is 3.39. The minimum Gasteiger partial charge on any atom is -0.339 e. The van der Waals surface area contributed by atoms with Crippen molar-refractivity contribution >= 4 is 21.8 Å². The van der Waals surface area contributed by atoms with Crippen LogP contribution in [0.3, 0.4) is 0 Å². The number of carbonyl (C=O) groups is 1. The monoisotopic (exact) mass is 325 g/mol. The fraction of sp³-hybridized carbons (Fsp3) is 0.500. The molecule has 1 aromatic rings. The highest BCUT2D eigenvalue weighted by molar-refractivity contribution is 9.10. The smallest absolute Gasteiger partial charge is 0.247 e. The van der Waals surface area contributed by atoms with Gasteiger partial charge in [-0.25, -0.2) is 0 Å². The number of benzene rings is 1. The number of likely N-dealkylation sites (N-methyl/N-ethyl adjacent to an activating group) is 1. The molecule has 5 heteroatoms. The van der Waals surface area contributed by atoms with Gasteiger partial charge in [-0.2, -0.15) is 0 Å². The SMILES string of the molecule is CNC1CCN(C(=O)C(C)(N)c2ccc(Br)cc2)C1. The second-order valence-electron chi connectivity index (χ2n) is 5.23. The molecule has 2 atom stereocenters. The molecule has 1 aromatic carbocycles. The van der Waals surface area contributed by atoms with Gasteiger partial charge in [0.05, 0.1) is 0 Å². The molecular formula is C14H20BrN3O. The Bertz CT molecular complexity index is 458. The summed E-state index contributed by atoms with van der Waals surface area (Å²) in [6, 6.07) is 7.99. The van der Waals surface area contributed by atoms with Crippen LogP contribution in [0.1, 0.15) is 18.9 Å². The van der Waals surface area contributed by atoms with Gasteiger partial charge in [-0.05, 0) is 38.1 Å². The van der Waals surface area contributed by atoms with E-state index in [0.717, 1.165) is 29.5 Å². The van der Waals surface area contributed by atoms with Crippen LogP contribution < -0.4 is 11.1 Å². The van der Waals surface area contributed by atoms with Gasteiger partial charge >= 0.3 is 0 Å². The molecule has 2 unspecified atom stereocenters. The Morgan fingerprint density at radius 3 is 2.63 bits per heavy atom. The summed E-state index contributed by atoms with van der Waals surface area (Å²) in [6.45, 7) is 3.29. The van der Waals surface area contributed by atoms with E-state index in [4.69, 9.17) is 5.73 Å². The zero-order valence-electron chi connectivity index (χ0n) is 11.3. The van der Waals surface area contributed by atoms with E-state index in [1.165, 1.54) is 0 Å². The maximum atomic E-state index is 12.6. The van der Waals surface area contributed by atoms with Crippen molar-refractivity contribution in [3.63, 3.8) is 0 Å². The van der Waals surface area contributed by atoms with Gasteiger partial charge in [-0.15, -0.1) is 0 Å². The summed E-state index contributed by atoms with van der Waals surface area (Å²) in [6.07, 6.45) is 0.985. The van der Waals surface area contributed by atoms with Crippen molar-refractivity contribution in [2.45, 2.75) is 24.9 Å². The molecule has 0 aromatic heterocycles. The first kappa shape index (κ1) is 14.5. The van der Waals surface area contributed by atoms with Crippen LogP contribution in [-0.4, -0.2) is 37.0 Å². The molecule has 3 N–H and O–H groups in total. The van der Waals surface area contributed by atoms with Crippen molar-refractivity contribution in [3.05, 3.63) is 34.3 Å². The fourth-order valence-electron chi connectivity index (χ4n) is 2.43. The Balaban J connectivity index is 2.15. The van der Waals surface area contributed by atoms with Crippen molar-refractivity contribution < 1.29 is 4.79 Å². The van der Waals surface area contributed by atoms with E-state index in [1.54, 1.807) is 6.92 Å². The number of carbonyl (C=O) groups excluding carboxylic acids is 1. The minimum absolute atomic E-state index is 0.00688. The summed E-state index contributed by atoms with van der Waals surface area (Å²) in [5.41, 5.74) is 6.14. The van der Waals surface area contributed by atoms with Gasteiger partial charge in [0.25, 0.3) is 0 Å². The van der Waals surface area contributed by atoms with Crippen LogP contribution in [-0.2, 0) is 10.3 Å². The highest BCUT2D eigenvalue weighted by atomic mass is 79.9. The van der Waals surface area contributed by atoms with E-state index >= 15 is 0 Å². The van der Waals surface area contributed by atoms with Gasteiger partial charge < -0.3 is 16.0 Å². The predicted molar refractivity (Wildman–Crippen MR) is 79.7 cm³/mol. The highest BCUT2D eigenvalue weighted by Gasteiger charge is 2.37. The average molecular weight is 326 g/mol. The lowest BCUT2D eigenvalue weighted by Crippen LogP contribution is -2.50. The second-order valence-corrected chi connectivity index (χ2v) is 6.15. The molecule has 0 aliphatic carbocycles. The molecule has 104 valence electrons. The number of nitrogens with zero attached hydrogens (tertiary/aromatic N) is 1. The first-order valence-electron chi connectivity index (χ1n) is 6.46. The number of hydrogen-bond acceptors (Lipinski definition) is 3. The molecule has 1 amide bonds. The molecule has 1 aliphatic heterocycles. The van der Waals surface area contributed by atoms with E-state index < -0.39 is 5.54 Å². The molecule has 0 spiro atoms. The van der Waals surface area contributed by atoms with E-state index in [1.807, 2.05) is 36.2 Å². The molecule has 1 heterocycles. The average Bonchev–Trinajstić information content (AvgIpc) is 2.87. The maximum absolute atomic E-state index is 12.6. The van der Waals surface area contributed by atoms with Gasteiger partial charge in [0.1, 0.15) is 5.54 Å². The largest absolute Gasteiger partial charge is 0.339 e. The quantitative estimate of drug-likeness (QED) is 0.884. The van der Waals surface area contributed by atoms with Gasteiger partial charge in [0, 0.05) is 23.6 Å². The van der Waals surface area contributed by atoms with E-state index in [2.05, 4.69) is 21.2 Å². The lowest BCUT2D eigenvalue weighted by Gasteiger charge is -2.29. The lowest BCUT2D eigenvalue weighted by atomic mass is 9.92. The molecule has 1 fully saturated rings. The zero-order valence-corrected chi connectivity index (χ0v) is 12.9. The summed E-state index contributed by atoms with van der Waals surface area (Å²) in [7, 11) is 1.93. The molecule has 4 nitrogen and oxygen atoms in total. The molecular weight excluding hydrogens is 306 g/mol. The van der Waals surface area contributed by atoms with E-state index in [0.29, 0.717) is 6.04 Å². The van der Waals surface area contributed by atoms with Crippen LogP contribution >= 0.6 is 15.9 Å². The van der Waals surface area contributed by atoms with E-state index in [9.17, 15) is 4.79 Å². The summed E-state index contributed by atoms with van der Waals surface area (Å²) in [5, 5.41) is 3.21. The Labute approximate surface area is 122 Å². The predicted octanol–water partition coefficient (Wildman–Crippen LogP) is 1.44. The molecule has 1 aliphatic rings. The number of hydrogen-bond donors (Lipinski definition) is 2. The zero-order chi connectivity index (χ0) is 14.0. The standard InChI is InChI=1S/C14H20BrN3O/c1-14(16,10-3-5-11(15)6-4-10)13(19)18-8-7-12(9-18)17-2/h3-6,12,17H,7-9,16H2,1-2H3. The fourth-order valence-corrected chi connectivity index (χ4v) is 2.69. The Hall–Kier alpha value is -0.910. The number of nitrogens with two attached hydrogens (primary N) is 1. The van der Waals surface area contributed by atoms with E-state index in [-0.39, 0.29) is 5.91 Å². The Morgan fingerprint density at radius 1 is 1.47 bits per heavy atom. The van der Waals surface area contributed by atoms with Crippen molar-refractivity contribution in [2.75, 3.05) is 20.1 Å². The Morgan fingerprint density at radius 2 is 2.11 bits per heavy atom. The molecule has 0 radical (unpaired) electrons. The number of rotatable bonds is 3. The summed E-state index contributed by atoms with van der Waals surface area (Å²) < 4.78 is 0.982. The third kappa shape index (κ3) is 2.99. The van der Waals surface area contributed by atoms with Crippen LogP contribution in [0.25, 0.3) is 0 Å². The maximum Gasteiger partial charge on any atom is 0.247 e. The van der Waals surface area contributed by atoms with Gasteiger partial charge in [-0.3, -0.25) is 4.79 Å². The van der Waals surface area contributed by atoms with Crippen LogP contribution in [0.15, 0.2) is 28.7 Å². The first-order valence-corrected chi connectivity index (χ1v) is 7.26. The van der Waals surface area contributed by atoms with Crippen LogP contribution in [0.2, 0.25) is 0 Å². The van der Waals surface area contributed by atoms with Gasteiger partial charge in [0.15, 0.2) is 0 Å². The number of nitrogens with one attached hydrogen (secondary N) is 1. The third-order valence-electron chi connectivity index (χ3n) is 3.77. The molecule has 19 heavy (non-hydrogen) atoms. The van der Waals surface area contributed by atoms with Crippen molar-refractivity contribution in [1.29, 1.82) is 0 Å². The van der Waals surface area contributed by atoms with Crippen LogP contribution in [0.5, 0.6) is 0 Å². The van der Waals surface area contributed by atoms with Gasteiger partial charge in [0.2, 0.25) is 5.91 Å². The van der Waals surface area contributed by atoms with Gasteiger partial charge in [-0.1, -0.05) is 28.1 Å². The van der Waals surface area contributed by atoms with Crippen molar-refractivity contribution in [2.24, 2.45) is 5.73 Å². The van der Waals surface area contributed by atoms with Crippen molar-refractivity contribution in [1.82, 2.24) is 10.2 Å². The first-order chi connectivity index (χ1) is 8.95. The molecule has 1 saturated heterocycles. The molecule has 2 rings (SSSR count). The van der Waals surface area contributed by atoms with Crippen LogP contribution in [0, 0.1) is 0 Å². The van der Waals surface area contributed by atoms with Crippen molar-refractivity contribution in [3.8, 4) is 0 Å². The van der Waals surface area contributed by atoms with Crippen LogP contribution in [0.4, 0.5) is 0 Å². The normalized spacial score (nSPS) is 22.3. The highest BCUT2D eigenvalue weighted by Crippen LogP contribution is 2.24. The third-order valence-corrected chi connectivity index (χ3v) is 4.30. The Kier molecular flexibility index (Phi) is 4.28. The number of amides is 1. The second kappa shape index (κ2) is 5.61. The number of halogens is 1. The molecule has 0 saturated carbocycles. The number of likely N-dealkylation sites (tertiary alicyclic amines) is 1. The topological polar surface area (TPSA) is 58.4 Å².